The van der Waals surface area contributed by atoms with Gasteiger partial charge in [-0.1, -0.05) is 72.8 Å². The van der Waals surface area contributed by atoms with Crippen molar-refractivity contribution in [3.05, 3.63) is 88.4 Å². The summed E-state index contributed by atoms with van der Waals surface area (Å²) in [6, 6.07) is 26.0. The summed E-state index contributed by atoms with van der Waals surface area (Å²) in [5, 5.41) is 5.03. The molecule has 0 atom stereocenters. The first-order chi connectivity index (χ1) is 13.7. The lowest BCUT2D eigenvalue weighted by Crippen LogP contribution is -2.21. The fourth-order valence-electron chi connectivity index (χ4n) is 3.85. The minimum Gasteiger partial charge on any atom is -0.372 e. The summed E-state index contributed by atoms with van der Waals surface area (Å²) in [4.78, 5) is 2.36. The van der Waals surface area contributed by atoms with Crippen molar-refractivity contribution < 1.29 is 0 Å². The van der Waals surface area contributed by atoms with Crippen molar-refractivity contribution in [2.75, 3.05) is 18.0 Å². The van der Waals surface area contributed by atoms with Crippen molar-refractivity contribution in [3.8, 4) is 0 Å². The van der Waals surface area contributed by atoms with Crippen LogP contribution >= 0.6 is 15.9 Å². The minimum absolute atomic E-state index is 1.03. The third-order valence-electron chi connectivity index (χ3n) is 5.37. The summed E-state index contributed by atoms with van der Waals surface area (Å²) in [7, 11) is 0. The van der Waals surface area contributed by atoms with Crippen molar-refractivity contribution in [1.29, 1.82) is 0 Å². The molecule has 0 saturated heterocycles. The highest BCUT2D eigenvalue weighted by Gasteiger charge is 2.10. The van der Waals surface area contributed by atoms with E-state index < -0.39 is 0 Å². The molecule has 0 amide bonds. The first kappa shape index (κ1) is 18.8. The molecular formula is C26H24BrN. The van der Waals surface area contributed by atoms with Crippen LogP contribution in [0.25, 0.3) is 33.7 Å². The maximum absolute atomic E-state index is 3.82. The Kier molecular flexibility index (Phi) is 5.50. The van der Waals surface area contributed by atoms with Crippen LogP contribution in [-0.4, -0.2) is 13.1 Å². The van der Waals surface area contributed by atoms with Gasteiger partial charge < -0.3 is 4.90 Å². The second-order valence-electron chi connectivity index (χ2n) is 6.92. The normalized spacial score (nSPS) is 11.5. The number of hydrogen-bond donors (Lipinski definition) is 0. The quantitative estimate of drug-likeness (QED) is 0.231. The number of hydrogen-bond acceptors (Lipinski definition) is 1. The molecule has 2 heteroatoms. The van der Waals surface area contributed by atoms with E-state index in [9.17, 15) is 0 Å². The Bertz CT molecular complexity index is 1080. The first-order valence-corrected chi connectivity index (χ1v) is 10.6. The fraction of sp³-hybridized carbons (Fsp3) is 0.154. The SMILES string of the molecule is CCN(CC)c1ccc(C=Cc2c3ccccc3c(Br)c3ccccc23)cc1. The van der Waals surface area contributed by atoms with E-state index in [4.69, 9.17) is 0 Å². The molecule has 0 aliphatic rings. The fourth-order valence-corrected chi connectivity index (χ4v) is 4.54. The topological polar surface area (TPSA) is 3.24 Å². The highest BCUT2D eigenvalue weighted by atomic mass is 79.9. The van der Waals surface area contributed by atoms with Crippen molar-refractivity contribution in [2.45, 2.75) is 13.8 Å². The molecule has 140 valence electrons. The number of nitrogens with zero attached hydrogens (tertiary/aromatic N) is 1. The van der Waals surface area contributed by atoms with Gasteiger partial charge in [0, 0.05) is 23.2 Å². The monoisotopic (exact) mass is 429 g/mol. The lowest BCUT2D eigenvalue weighted by Gasteiger charge is -2.20. The van der Waals surface area contributed by atoms with Crippen LogP contribution in [0.1, 0.15) is 25.0 Å². The largest absolute Gasteiger partial charge is 0.372 e. The molecule has 0 heterocycles. The van der Waals surface area contributed by atoms with Crippen LogP contribution in [0.2, 0.25) is 0 Å². The Morgan fingerprint density at radius 3 is 1.68 bits per heavy atom. The average molecular weight is 430 g/mol. The zero-order chi connectivity index (χ0) is 19.5. The number of benzene rings is 4. The predicted molar refractivity (Wildman–Crippen MR) is 128 cm³/mol. The molecule has 0 fully saturated rings. The average Bonchev–Trinajstić information content (AvgIpc) is 2.75. The minimum atomic E-state index is 1.03. The van der Waals surface area contributed by atoms with E-state index in [1.54, 1.807) is 0 Å². The van der Waals surface area contributed by atoms with Gasteiger partial charge in [-0.05, 0) is 74.6 Å². The Morgan fingerprint density at radius 1 is 0.679 bits per heavy atom. The van der Waals surface area contributed by atoms with Gasteiger partial charge in [0.15, 0.2) is 0 Å². The van der Waals surface area contributed by atoms with Gasteiger partial charge in [-0.2, -0.15) is 0 Å². The Balaban J connectivity index is 1.80. The number of halogens is 1. The smallest absolute Gasteiger partial charge is 0.0366 e. The molecule has 0 spiro atoms. The van der Waals surface area contributed by atoms with Gasteiger partial charge in [-0.15, -0.1) is 0 Å². The second-order valence-corrected chi connectivity index (χ2v) is 7.71. The molecule has 4 aromatic rings. The van der Waals surface area contributed by atoms with Crippen LogP contribution in [0, 0.1) is 0 Å². The zero-order valence-electron chi connectivity index (χ0n) is 16.3. The summed E-state index contributed by atoms with van der Waals surface area (Å²) in [5.41, 5.74) is 3.76. The van der Waals surface area contributed by atoms with Crippen LogP contribution < -0.4 is 4.90 Å². The van der Waals surface area contributed by atoms with E-state index in [2.05, 4.69) is 120 Å². The van der Waals surface area contributed by atoms with Crippen LogP contribution in [0.3, 0.4) is 0 Å². The van der Waals surface area contributed by atoms with E-state index in [0.29, 0.717) is 0 Å². The Labute approximate surface area is 175 Å². The summed E-state index contributed by atoms with van der Waals surface area (Å²) in [6.45, 7) is 6.45. The van der Waals surface area contributed by atoms with Crippen LogP contribution in [0.15, 0.2) is 77.3 Å². The van der Waals surface area contributed by atoms with Crippen LogP contribution in [0.4, 0.5) is 5.69 Å². The van der Waals surface area contributed by atoms with E-state index in [0.717, 1.165) is 13.1 Å². The van der Waals surface area contributed by atoms with Crippen LogP contribution in [0.5, 0.6) is 0 Å². The molecule has 0 aliphatic heterocycles. The summed E-state index contributed by atoms with van der Waals surface area (Å²) < 4.78 is 1.17. The Morgan fingerprint density at radius 2 is 1.18 bits per heavy atom. The summed E-state index contributed by atoms with van der Waals surface area (Å²) in [6.07, 6.45) is 4.47. The maximum atomic E-state index is 3.82. The number of rotatable bonds is 5. The predicted octanol–water partition coefficient (Wildman–Crippen LogP) is 7.77. The van der Waals surface area contributed by atoms with Gasteiger partial charge in [0.1, 0.15) is 0 Å². The van der Waals surface area contributed by atoms with Gasteiger partial charge in [-0.3, -0.25) is 0 Å². The number of anilines is 1. The van der Waals surface area contributed by atoms with Crippen molar-refractivity contribution in [1.82, 2.24) is 0 Å². The number of fused-ring (bicyclic) bond motifs is 2. The third kappa shape index (κ3) is 3.45. The van der Waals surface area contributed by atoms with Gasteiger partial charge in [0.25, 0.3) is 0 Å². The highest BCUT2D eigenvalue weighted by Crippen LogP contribution is 2.37. The van der Waals surface area contributed by atoms with Crippen molar-refractivity contribution >= 4 is 55.3 Å². The van der Waals surface area contributed by atoms with Crippen LogP contribution in [-0.2, 0) is 0 Å². The molecule has 0 aliphatic carbocycles. The van der Waals surface area contributed by atoms with Gasteiger partial charge in [0.05, 0.1) is 0 Å². The summed E-state index contributed by atoms with van der Waals surface area (Å²) in [5.74, 6) is 0. The molecular weight excluding hydrogens is 406 g/mol. The van der Waals surface area contributed by atoms with Gasteiger partial charge in [0.2, 0.25) is 0 Å². The second kappa shape index (κ2) is 8.20. The highest BCUT2D eigenvalue weighted by molar-refractivity contribution is 9.10. The lowest BCUT2D eigenvalue weighted by molar-refractivity contribution is 0.866. The molecule has 0 N–H and O–H groups in total. The summed E-state index contributed by atoms with van der Waals surface area (Å²) >= 11 is 3.82. The maximum Gasteiger partial charge on any atom is 0.0366 e. The molecule has 1 nitrogen and oxygen atoms in total. The zero-order valence-corrected chi connectivity index (χ0v) is 17.9. The van der Waals surface area contributed by atoms with E-state index in [1.165, 1.54) is 42.8 Å². The third-order valence-corrected chi connectivity index (χ3v) is 6.23. The first-order valence-electron chi connectivity index (χ1n) is 9.85. The van der Waals surface area contributed by atoms with E-state index in [1.807, 2.05) is 0 Å². The molecule has 4 rings (SSSR count). The standard InChI is InChI=1S/C26H24BrN/c1-3-28(4-2)20-16-13-19(14-17-20)15-18-23-21-9-5-7-11-24(21)26(27)25-12-8-6-10-22(23)25/h5-18H,3-4H2,1-2H3. The van der Waals surface area contributed by atoms with Crippen molar-refractivity contribution in [2.24, 2.45) is 0 Å². The molecule has 28 heavy (non-hydrogen) atoms. The molecule has 0 aromatic heterocycles. The van der Waals surface area contributed by atoms with E-state index >= 15 is 0 Å². The van der Waals surface area contributed by atoms with Gasteiger partial charge >= 0.3 is 0 Å². The van der Waals surface area contributed by atoms with Gasteiger partial charge in [-0.25, -0.2) is 0 Å². The van der Waals surface area contributed by atoms with E-state index in [-0.39, 0.29) is 0 Å². The molecule has 4 aromatic carbocycles. The molecule has 0 radical (unpaired) electrons. The lowest BCUT2D eigenvalue weighted by atomic mass is 9.96. The Hall–Kier alpha value is -2.58. The molecule has 0 saturated carbocycles. The van der Waals surface area contributed by atoms with Crippen molar-refractivity contribution in [3.63, 3.8) is 0 Å². The molecule has 0 unspecified atom stereocenters. The molecule has 0 bridgehead atoms.